The number of pyridine rings is 1. The molecular formula is C21H24N4O. The zero-order chi connectivity index (χ0) is 18.7. The van der Waals surface area contributed by atoms with E-state index in [1.54, 1.807) is 17.2 Å². The maximum absolute atomic E-state index is 12.9. The van der Waals surface area contributed by atoms with Crippen molar-refractivity contribution in [2.24, 2.45) is 5.92 Å². The van der Waals surface area contributed by atoms with Gasteiger partial charge in [0.25, 0.3) is 0 Å². The maximum Gasteiger partial charge on any atom is 0.229 e. The van der Waals surface area contributed by atoms with E-state index in [1.165, 1.54) is 5.56 Å². The van der Waals surface area contributed by atoms with Crippen molar-refractivity contribution in [1.29, 1.82) is 5.26 Å². The summed E-state index contributed by atoms with van der Waals surface area (Å²) >= 11 is 0. The molecule has 0 N–H and O–H groups in total. The third-order valence-corrected chi connectivity index (χ3v) is 5.09. The number of nitriles is 1. The summed E-state index contributed by atoms with van der Waals surface area (Å²) in [5, 5.41) is 8.87. The predicted octanol–water partition coefficient (Wildman–Crippen LogP) is 3.45. The molecule has 0 saturated carbocycles. The molecule has 0 atom stereocenters. The number of piperidine rings is 1. The second kappa shape index (κ2) is 7.57. The van der Waals surface area contributed by atoms with E-state index < -0.39 is 0 Å². The fraction of sp³-hybridized carbons (Fsp3) is 0.381. The number of hydrogen-bond donors (Lipinski definition) is 0. The average molecular weight is 348 g/mol. The van der Waals surface area contributed by atoms with Crippen LogP contribution in [0.1, 0.15) is 29.5 Å². The summed E-state index contributed by atoms with van der Waals surface area (Å²) in [6, 6.07) is 11.9. The lowest BCUT2D eigenvalue weighted by atomic mass is 9.95. The molecule has 1 aromatic carbocycles. The zero-order valence-corrected chi connectivity index (χ0v) is 15.6. The second-order valence-corrected chi connectivity index (χ2v) is 6.97. The van der Waals surface area contributed by atoms with E-state index in [1.807, 2.05) is 32.2 Å². The summed E-state index contributed by atoms with van der Waals surface area (Å²) in [6.07, 6.45) is 3.23. The Balaban J connectivity index is 1.63. The van der Waals surface area contributed by atoms with E-state index in [0.29, 0.717) is 5.56 Å². The fourth-order valence-electron chi connectivity index (χ4n) is 3.57. The molecule has 3 rings (SSSR count). The van der Waals surface area contributed by atoms with Crippen molar-refractivity contribution in [3.63, 3.8) is 0 Å². The Kier molecular flexibility index (Phi) is 5.22. The molecule has 5 nitrogen and oxygen atoms in total. The fourth-order valence-corrected chi connectivity index (χ4v) is 3.57. The van der Waals surface area contributed by atoms with E-state index in [2.05, 4.69) is 28.9 Å². The molecule has 2 heterocycles. The number of aryl methyl sites for hydroxylation is 2. The molecule has 2 aromatic rings. The van der Waals surface area contributed by atoms with Crippen molar-refractivity contribution in [2.75, 3.05) is 29.9 Å². The van der Waals surface area contributed by atoms with E-state index in [4.69, 9.17) is 5.26 Å². The van der Waals surface area contributed by atoms with Crippen LogP contribution in [-0.2, 0) is 4.79 Å². The molecule has 5 heteroatoms. The lowest BCUT2D eigenvalue weighted by molar-refractivity contribution is -0.122. The van der Waals surface area contributed by atoms with Gasteiger partial charge in [0.15, 0.2) is 0 Å². The van der Waals surface area contributed by atoms with Crippen LogP contribution in [0.4, 0.5) is 11.5 Å². The van der Waals surface area contributed by atoms with Gasteiger partial charge in [0, 0.05) is 37.9 Å². The highest BCUT2D eigenvalue weighted by Crippen LogP contribution is 2.27. The minimum Gasteiger partial charge on any atom is -0.357 e. The van der Waals surface area contributed by atoms with Crippen LogP contribution in [0.25, 0.3) is 0 Å². The summed E-state index contributed by atoms with van der Waals surface area (Å²) in [6.45, 7) is 5.71. The van der Waals surface area contributed by atoms with Gasteiger partial charge >= 0.3 is 0 Å². The van der Waals surface area contributed by atoms with Gasteiger partial charge in [-0.2, -0.15) is 5.26 Å². The molecule has 0 spiro atoms. The first kappa shape index (κ1) is 17.9. The second-order valence-electron chi connectivity index (χ2n) is 6.97. The number of amides is 1. The molecular weight excluding hydrogens is 324 g/mol. The number of carbonyl (C=O) groups is 1. The Hall–Kier alpha value is -2.87. The van der Waals surface area contributed by atoms with Crippen LogP contribution < -0.4 is 9.80 Å². The van der Waals surface area contributed by atoms with Crippen molar-refractivity contribution in [3.05, 3.63) is 53.2 Å². The number of carbonyl (C=O) groups excluding carboxylic acids is 1. The molecule has 1 fully saturated rings. The Bertz CT molecular complexity index is 830. The van der Waals surface area contributed by atoms with Gasteiger partial charge in [0.1, 0.15) is 11.9 Å². The Morgan fingerprint density at radius 2 is 1.96 bits per heavy atom. The lowest BCUT2D eigenvalue weighted by Crippen LogP contribution is -2.41. The standard InChI is InChI=1S/C21H24N4O/c1-15-4-6-19(16(2)12-15)24(3)21(26)18-8-10-25(11-9-18)20-7-5-17(13-22)14-23-20/h4-7,12,14,18H,8-11H2,1-3H3. The van der Waals surface area contributed by atoms with Crippen LogP contribution >= 0.6 is 0 Å². The Morgan fingerprint density at radius 3 is 2.54 bits per heavy atom. The number of rotatable bonds is 3. The number of hydrogen-bond acceptors (Lipinski definition) is 4. The quantitative estimate of drug-likeness (QED) is 0.852. The average Bonchev–Trinajstić information content (AvgIpc) is 2.67. The van der Waals surface area contributed by atoms with Gasteiger partial charge in [-0.3, -0.25) is 4.79 Å². The van der Waals surface area contributed by atoms with Crippen LogP contribution in [0.15, 0.2) is 36.5 Å². The number of benzene rings is 1. The Labute approximate surface area is 154 Å². The first-order valence-electron chi connectivity index (χ1n) is 8.95. The van der Waals surface area contributed by atoms with Gasteiger partial charge in [0.2, 0.25) is 5.91 Å². The Morgan fingerprint density at radius 1 is 1.23 bits per heavy atom. The topological polar surface area (TPSA) is 60.2 Å². The minimum absolute atomic E-state index is 0.0373. The van der Waals surface area contributed by atoms with Crippen LogP contribution in [-0.4, -0.2) is 31.0 Å². The molecule has 1 aliphatic heterocycles. The third-order valence-electron chi connectivity index (χ3n) is 5.09. The molecule has 0 radical (unpaired) electrons. The van der Waals surface area contributed by atoms with Gasteiger partial charge in [-0.1, -0.05) is 17.7 Å². The molecule has 134 valence electrons. The van der Waals surface area contributed by atoms with Gasteiger partial charge in [-0.25, -0.2) is 4.98 Å². The van der Waals surface area contributed by atoms with Crippen molar-refractivity contribution in [2.45, 2.75) is 26.7 Å². The van der Waals surface area contributed by atoms with Crippen LogP contribution in [0.2, 0.25) is 0 Å². The highest BCUT2D eigenvalue weighted by Gasteiger charge is 2.28. The smallest absolute Gasteiger partial charge is 0.229 e. The first-order chi connectivity index (χ1) is 12.5. The SMILES string of the molecule is Cc1ccc(N(C)C(=O)C2CCN(c3ccc(C#N)cn3)CC2)c(C)c1. The highest BCUT2D eigenvalue weighted by atomic mass is 16.2. The summed E-state index contributed by atoms with van der Waals surface area (Å²) in [7, 11) is 1.87. The van der Waals surface area contributed by atoms with Crippen molar-refractivity contribution in [3.8, 4) is 6.07 Å². The van der Waals surface area contributed by atoms with Gasteiger partial charge in [-0.15, -0.1) is 0 Å². The molecule has 0 bridgehead atoms. The summed E-state index contributed by atoms with van der Waals surface area (Å²) in [4.78, 5) is 21.3. The number of aromatic nitrogens is 1. The minimum atomic E-state index is 0.0373. The largest absolute Gasteiger partial charge is 0.357 e. The number of nitrogens with zero attached hydrogens (tertiary/aromatic N) is 4. The van der Waals surface area contributed by atoms with Crippen molar-refractivity contribution in [1.82, 2.24) is 4.98 Å². The third kappa shape index (κ3) is 3.70. The summed E-state index contributed by atoms with van der Waals surface area (Å²) in [5.74, 6) is 1.09. The van der Waals surface area contributed by atoms with Gasteiger partial charge in [0.05, 0.1) is 5.56 Å². The van der Waals surface area contributed by atoms with E-state index in [9.17, 15) is 4.79 Å². The molecule has 1 amide bonds. The molecule has 26 heavy (non-hydrogen) atoms. The van der Waals surface area contributed by atoms with E-state index in [-0.39, 0.29) is 11.8 Å². The van der Waals surface area contributed by atoms with E-state index >= 15 is 0 Å². The van der Waals surface area contributed by atoms with Crippen LogP contribution in [0.3, 0.4) is 0 Å². The maximum atomic E-state index is 12.9. The molecule has 1 aromatic heterocycles. The van der Waals surface area contributed by atoms with Crippen LogP contribution in [0.5, 0.6) is 0 Å². The van der Waals surface area contributed by atoms with E-state index in [0.717, 1.165) is 43.0 Å². The molecule has 1 aliphatic rings. The number of anilines is 2. The van der Waals surface area contributed by atoms with Gasteiger partial charge < -0.3 is 9.80 Å². The molecule has 1 saturated heterocycles. The monoisotopic (exact) mass is 348 g/mol. The highest BCUT2D eigenvalue weighted by molar-refractivity contribution is 5.95. The first-order valence-corrected chi connectivity index (χ1v) is 8.95. The summed E-state index contributed by atoms with van der Waals surface area (Å²) in [5.41, 5.74) is 3.88. The lowest BCUT2D eigenvalue weighted by Gasteiger charge is -2.34. The van der Waals surface area contributed by atoms with Crippen LogP contribution in [0, 0.1) is 31.1 Å². The zero-order valence-electron chi connectivity index (χ0n) is 15.6. The molecule has 0 aliphatic carbocycles. The normalized spacial score (nSPS) is 14.8. The van der Waals surface area contributed by atoms with Crippen molar-refractivity contribution < 1.29 is 4.79 Å². The summed E-state index contributed by atoms with van der Waals surface area (Å²) < 4.78 is 0. The predicted molar refractivity (Wildman–Crippen MR) is 103 cm³/mol. The van der Waals surface area contributed by atoms with Gasteiger partial charge in [-0.05, 0) is 50.5 Å². The molecule has 0 unspecified atom stereocenters. The van der Waals surface area contributed by atoms with Crippen molar-refractivity contribution >= 4 is 17.4 Å².